The third kappa shape index (κ3) is 3.66. The summed E-state index contributed by atoms with van der Waals surface area (Å²) in [5.74, 6) is -0.285. The van der Waals surface area contributed by atoms with Crippen molar-refractivity contribution in [2.45, 2.75) is 20.4 Å². The molecular formula is C15H18FN3O2. The maximum absolute atomic E-state index is 13.8. The van der Waals surface area contributed by atoms with E-state index in [9.17, 15) is 14.3 Å². The summed E-state index contributed by atoms with van der Waals surface area (Å²) < 4.78 is 14.7. The summed E-state index contributed by atoms with van der Waals surface area (Å²) in [4.78, 5) is 11.9. The van der Waals surface area contributed by atoms with Crippen molar-refractivity contribution in [2.24, 2.45) is 5.92 Å². The van der Waals surface area contributed by atoms with Crippen LogP contribution in [0.15, 0.2) is 35.1 Å². The second-order valence-corrected chi connectivity index (χ2v) is 5.20. The van der Waals surface area contributed by atoms with Gasteiger partial charge in [-0.25, -0.2) is 4.39 Å². The van der Waals surface area contributed by atoms with E-state index in [-0.39, 0.29) is 11.4 Å². The Kier molecular flexibility index (Phi) is 4.70. The zero-order chi connectivity index (χ0) is 15.4. The van der Waals surface area contributed by atoms with Crippen LogP contribution in [0, 0.1) is 11.7 Å². The summed E-state index contributed by atoms with van der Waals surface area (Å²) in [5.41, 5.74) is -0.212. The highest BCUT2D eigenvalue weighted by atomic mass is 19.1. The first-order valence-electron chi connectivity index (χ1n) is 6.77. The number of halogens is 1. The van der Waals surface area contributed by atoms with E-state index in [0.29, 0.717) is 18.2 Å². The fraction of sp³-hybridized carbons (Fsp3) is 0.333. The van der Waals surface area contributed by atoms with Crippen LogP contribution in [-0.4, -0.2) is 21.4 Å². The van der Waals surface area contributed by atoms with Gasteiger partial charge in [-0.15, -0.1) is 0 Å². The molecule has 0 aliphatic rings. The lowest BCUT2D eigenvalue weighted by atomic mass is 10.2. The zero-order valence-corrected chi connectivity index (χ0v) is 12.0. The molecule has 0 unspecified atom stereocenters. The van der Waals surface area contributed by atoms with Crippen molar-refractivity contribution in [3.05, 3.63) is 52.2 Å². The van der Waals surface area contributed by atoms with Crippen LogP contribution in [0.25, 0.3) is 5.69 Å². The van der Waals surface area contributed by atoms with Crippen molar-refractivity contribution in [1.82, 2.24) is 15.1 Å². The van der Waals surface area contributed by atoms with Gasteiger partial charge in [0, 0.05) is 12.6 Å². The van der Waals surface area contributed by atoms with Gasteiger partial charge in [-0.1, -0.05) is 26.0 Å². The second-order valence-electron chi connectivity index (χ2n) is 5.20. The van der Waals surface area contributed by atoms with Crippen molar-refractivity contribution < 1.29 is 9.50 Å². The number of benzene rings is 1. The number of nitrogens with one attached hydrogen (secondary N) is 1. The maximum Gasteiger partial charge on any atom is 0.275 e. The monoisotopic (exact) mass is 291 g/mol. The lowest BCUT2D eigenvalue weighted by molar-refractivity contribution is 0.446. The van der Waals surface area contributed by atoms with Gasteiger partial charge >= 0.3 is 0 Å². The van der Waals surface area contributed by atoms with Gasteiger partial charge in [0.25, 0.3) is 5.56 Å². The second kappa shape index (κ2) is 6.49. The molecule has 0 bridgehead atoms. The minimum Gasteiger partial charge on any atom is -0.506 e. The molecule has 0 aliphatic carbocycles. The average molecular weight is 291 g/mol. The first-order chi connectivity index (χ1) is 9.99. The predicted molar refractivity (Wildman–Crippen MR) is 78.0 cm³/mol. The van der Waals surface area contributed by atoms with E-state index in [2.05, 4.69) is 24.3 Å². The van der Waals surface area contributed by atoms with E-state index in [0.717, 1.165) is 17.3 Å². The summed E-state index contributed by atoms with van der Waals surface area (Å²) in [6, 6.07) is 6.93. The molecule has 0 fully saturated rings. The first-order valence-corrected chi connectivity index (χ1v) is 6.77. The van der Waals surface area contributed by atoms with Crippen LogP contribution in [0.5, 0.6) is 5.75 Å². The Labute approximate surface area is 122 Å². The highest BCUT2D eigenvalue weighted by Gasteiger charge is 2.12. The molecule has 0 spiro atoms. The molecule has 0 amide bonds. The Morgan fingerprint density at radius 1 is 1.38 bits per heavy atom. The number of rotatable bonds is 5. The summed E-state index contributed by atoms with van der Waals surface area (Å²) in [7, 11) is 0. The summed E-state index contributed by atoms with van der Waals surface area (Å²) in [6.07, 6.45) is 0. The molecule has 2 aromatic rings. The minimum atomic E-state index is -0.579. The minimum absolute atomic E-state index is 0.0626. The maximum atomic E-state index is 13.8. The number of aromatic nitrogens is 2. The molecule has 1 aromatic heterocycles. The van der Waals surface area contributed by atoms with Gasteiger partial charge in [-0.2, -0.15) is 9.78 Å². The van der Waals surface area contributed by atoms with Gasteiger partial charge in [-0.05, 0) is 24.6 Å². The van der Waals surface area contributed by atoms with E-state index in [4.69, 9.17) is 0 Å². The van der Waals surface area contributed by atoms with Crippen LogP contribution >= 0.6 is 0 Å². The number of aromatic hydroxyl groups is 1. The number of nitrogens with zero attached hydrogens (tertiary/aromatic N) is 2. The molecule has 2 N–H and O–H groups in total. The topological polar surface area (TPSA) is 67.2 Å². The third-order valence-corrected chi connectivity index (χ3v) is 2.91. The molecule has 0 radical (unpaired) electrons. The zero-order valence-electron chi connectivity index (χ0n) is 12.0. The molecule has 112 valence electrons. The molecule has 21 heavy (non-hydrogen) atoms. The highest BCUT2D eigenvalue weighted by molar-refractivity contribution is 5.34. The molecule has 5 nitrogen and oxygen atoms in total. The molecular weight excluding hydrogens is 273 g/mol. The largest absolute Gasteiger partial charge is 0.506 e. The van der Waals surface area contributed by atoms with Gasteiger partial charge in [0.2, 0.25) is 0 Å². The third-order valence-electron chi connectivity index (χ3n) is 2.91. The predicted octanol–water partition coefficient (Wildman–Crippen LogP) is 1.82. The molecule has 0 saturated heterocycles. The molecule has 1 heterocycles. The standard InChI is InChI=1S/C15H18FN3O2/c1-10(2)8-17-9-12-14(20)7-15(21)19(18-12)13-6-4-3-5-11(13)16/h3-7,10,17,20H,8-9H2,1-2H3. The highest BCUT2D eigenvalue weighted by Crippen LogP contribution is 2.14. The van der Waals surface area contributed by atoms with Crippen molar-refractivity contribution in [3.8, 4) is 11.4 Å². The Morgan fingerprint density at radius 3 is 2.76 bits per heavy atom. The van der Waals surface area contributed by atoms with Gasteiger partial charge in [0.1, 0.15) is 22.9 Å². The molecule has 0 atom stereocenters. The summed E-state index contributed by atoms with van der Waals surface area (Å²) in [5, 5.41) is 17.0. The van der Waals surface area contributed by atoms with Crippen molar-refractivity contribution in [3.63, 3.8) is 0 Å². The van der Waals surface area contributed by atoms with E-state index >= 15 is 0 Å². The number of para-hydroxylation sites is 1. The average Bonchev–Trinajstić information content (AvgIpc) is 2.42. The van der Waals surface area contributed by atoms with E-state index in [1.807, 2.05) is 0 Å². The van der Waals surface area contributed by atoms with Crippen LogP contribution in [-0.2, 0) is 6.54 Å². The van der Waals surface area contributed by atoms with Crippen LogP contribution in [0.4, 0.5) is 4.39 Å². The van der Waals surface area contributed by atoms with Gasteiger partial charge in [-0.3, -0.25) is 4.79 Å². The van der Waals surface area contributed by atoms with Gasteiger partial charge in [0.05, 0.1) is 0 Å². The normalized spacial score (nSPS) is 11.0. The molecule has 6 heteroatoms. The molecule has 1 aromatic carbocycles. The Hall–Kier alpha value is -2.21. The van der Waals surface area contributed by atoms with Crippen molar-refractivity contribution in [2.75, 3.05) is 6.54 Å². The van der Waals surface area contributed by atoms with E-state index in [1.54, 1.807) is 6.07 Å². The molecule has 0 saturated carbocycles. The lowest BCUT2D eigenvalue weighted by Crippen LogP contribution is -2.26. The van der Waals surface area contributed by atoms with Gasteiger partial charge in [0.15, 0.2) is 0 Å². The molecule has 0 aliphatic heterocycles. The fourth-order valence-corrected chi connectivity index (χ4v) is 1.88. The van der Waals surface area contributed by atoms with Crippen LogP contribution in [0.1, 0.15) is 19.5 Å². The first kappa shape index (κ1) is 15.2. The summed E-state index contributed by atoms with van der Waals surface area (Å²) >= 11 is 0. The fourth-order valence-electron chi connectivity index (χ4n) is 1.88. The van der Waals surface area contributed by atoms with Crippen molar-refractivity contribution >= 4 is 0 Å². The Balaban J connectivity index is 2.35. The van der Waals surface area contributed by atoms with E-state index in [1.165, 1.54) is 18.2 Å². The summed E-state index contributed by atoms with van der Waals surface area (Å²) in [6.45, 7) is 5.17. The number of hydrogen-bond acceptors (Lipinski definition) is 4. The van der Waals surface area contributed by atoms with Crippen LogP contribution in [0.3, 0.4) is 0 Å². The van der Waals surface area contributed by atoms with Crippen molar-refractivity contribution in [1.29, 1.82) is 0 Å². The Morgan fingerprint density at radius 2 is 2.10 bits per heavy atom. The van der Waals surface area contributed by atoms with Crippen LogP contribution in [0.2, 0.25) is 0 Å². The smallest absolute Gasteiger partial charge is 0.275 e. The SMILES string of the molecule is CC(C)CNCc1nn(-c2ccccc2F)c(=O)cc1O. The van der Waals surface area contributed by atoms with Gasteiger partial charge < -0.3 is 10.4 Å². The number of hydrogen-bond donors (Lipinski definition) is 2. The molecule has 2 rings (SSSR count). The van der Waals surface area contributed by atoms with E-state index < -0.39 is 11.4 Å². The lowest BCUT2D eigenvalue weighted by Gasteiger charge is -2.11. The van der Waals surface area contributed by atoms with Crippen LogP contribution < -0.4 is 10.9 Å². The quantitative estimate of drug-likeness (QED) is 0.882. The Bertz CT molecular complexity index is 683.